The average molecular weight is 352 g/mol. The molecule has 2 aliphatic carbocycles. The Bertz CT molecular complexity index is 345. The van der Waals surface area contributed by atoms with Crippen molar-refractivity contribution in [1.82, 2.24) is 4.90 Å². The van der Waals surface area contributed by atoms with Gasteiger partial charge in [0, 0.05) is 22.6 Å². The number of fused-ring (bicyclic) bond motifs is 4. The third-order valence-electron chi connectivity index (χ3n) is 6.98. The topological polar surface area (TPSA) is 3.24 Å². The van der Waals surface area contributed by atoms with E-state index >= 15 is 0 Å². The molecule has 4 unspecified atom stereocenters. The van der Waals surface area contributed by atoms with E-state index in [9.17, 15) is 0 Å². The number of thioether (sulfide) groups is 1. The van der Waals surface area contributed by atoms with Crippen LogP contribution in [0.4, 0.5) is 0 Å². The maximum absolute atomic E-state index is 2.87. The second kappa shape index (κ2) is 10.5. The maximum atomic E-state index is 2.87. The molecule has 3 fully saturated rings. The van der Waals surface area contributed by atoms with Crippen molar-refractivity contribution in [3.05, 3.63) is 0 Å². The van der Waals surface area contributed by atoms with Crippen LogP contribution in [0.1, 0.15) is 109 Å². The predicted molar refractivity (Wildman–Crippen MR) is 109 cm³/mol. The van der Waals surface area contributed by atoms with Crippen molar-refractivity contribution in [2.45, 2.75) is 132 Å². The first-order chi connectivity index (χ1) is 11.8. The number of rotatable bonds is 0. The Labute approximate surface area is 155 Å². The highest BCUT2D eigenvalue weighted by molar-refractivity contribution is 8.00. The fourth-order valence-corrected chi connectivity index (χ4v) is 7.19. The van der Waals surface area contributed by atoms with Crippen molar-refractivity contribution in [3.63, 3.8) is 0 Å². The molecule has 0 aromatic carbocycles. The molecule has 1 saturated heterocycles. The van der Waals surface area contributed by atoms with Crippen LogP contribution < -0.4 is 0 Å². The first kappa shape index (κ1) is 19.1. The summed E-state index contributed by atoms with van der Waals surface area (Å²) in [6.45, 7) is 0. The van der Waals surface area contributed by atoms with Crippen LogP contribution in [0.2, 0.25) is 0 Å². The molecule has 4 bridgehead atoms. The smallest absolute Gasteiger partial charge is 0.0106 e. The van der Waals surface area contributed by atoms with Crippen LogP contribution in [0.3, 0.4) is 0 Å². The van der Waals surface area contributed by atoms with Gasteiger partial charge < -0.3 is 4.90 Å². The van der Waals surface area contributed by atoms with Gasteiger partial charge in [0.1, 0.15) is 0 Å². The molecule has 0 aromatic rings. The molecular formula is C22H41NS. The third kappa shape index (κ3) is 5.94. The van der Waals surface area contributed by atoms with Gasteiger partial charge in [-0.25, -0.2) is 0 Å². The number of nitrogens with zero attached hydrogens (tertiary/aromatic N) is 1. The van der Waals surface area contributed by atoms with E-state index in [2.05, 4.69) is 23.7 Å². The van der Waals surface area contributed by atoms with Gasteiger partial charge in [-0.1, -0.05) is 70.6 Å². The fourth-order valence-electron chi connectivity index (χ4n) is 5.38. The summed E-state index contributed by atoms with van der Waals surface area (Å²) in [7, 11) is 2.49. The Morgan fingerprint density at radius 2 is 0.917 bits per heavy atom. The van der Waals surface area contributed by atoms with Crippen molar-refractivity contribution in [1.29, 1.82) is 0 Å². The molecule has 0 N–H and O–H groups in total. The highest BCUT2D eigenvalue weighted by atomic mass is 32.2. The van der Waals surface area contributed by atoms with Gasteiger partial charge in [0.05, 0.1) is 0 Å². The van der Waals surface area contributed by atoms with Crippen LogP contribution in [-0.2, 0) is 0 Å². The summed E-state index contributed by atoms with van der Waals surface area (Å²) in [5.74, 6) is 0. The van der Waals surface area contributed by atoms with Gasteiger partial charge in [0.25, 0.3) is 0 Å². The lowest BCUT2D eigenvalue weighted by Crippen LogP contribution is -2.45. The molecule has 0 aromatic heterocycles. The summed E-state index contributed by atoms with van der Waals surface area (Å²) in [5.41, 5.74) is 0. The summed E-state index contributed by atoms with van der Waals surface area (Å²) in [4.78, 5) is 2.87. The highest BCUT2D eigenvalue weighted by Crippen LogP contribution is 2.39. The lowest BCUT2D eigenvalue weighted by atomic mass is 9.92. The Hall–Kier alpha value is 0.310. The third-order valence-corrected chi connectivity index (χ3v) is 8.61. The molecule has 2 saturated carbocycles. The maximum Gasteiger partial charge on any atom is 0.0106 e. The van der Waals surface area contributed by atoms with Crippen LogP contribution in [0.25, 0.3) is 0 Å². The quantitative estimate of drug-likeness (QED) is 0.472. The zero-order valence-corrected chi connectivity index (χ0v) is 17.0. The molecule has 3 aliphatic rings. The van der Waals surface area contributed by atoms with Gasteiger partial charge in [-0.3, -0.25) is 0 Å². The predicted octanol–water partition coefficient (Wildman–Crippen LogP) is 6.80. The largest absolute Gasteiger partial charge is 0.300 e. The summed E-state index contributed by atoms with van der Waals surface area (Å²) >= 11 is 2.44. The fraction of sp³-hybridized carbons (Fsp3) is 1.00. The minimum atomic E-state index is 0.870. The highest BCUT2D eigenvalue weighted by Gasteiger charge is 2.32. The van der Waals surface area contributed by atoms with Gasteiger partial charge in [-0.05, 0) is 45.6 Å². The second-order valence-corrected chi connectivity index (χ2v) is 10.5. The zero-order valence-electron chi connectivity index (χ0n) is 16.2. The van der Waals surface area contributed by atoms with Gasteiger partial charge in [0.15, 0.2) is 0 Å². The van der Waals surface area contributed by atoms with Crippen LogP contribution in [0.15, 0.2) is 0 Å². The summed E-state index contributed by atoms with van der Waals surface area (Å²) in [6.07, 6.45) is 25.2. The first-order valence-electron chi connectivity index (χ1n) is 11.2. The molecule has 1 heterocycles. The van der Waals surface area contributed by atoms with E-state index in [1.54, 1.807) is 0 Å². The van der Waals surface area contributed by atoms with Crippen LogP contribution in [-0.4, -0.2) is 34.5 Å². The van der Waals surface area contributed by atoms with E-state index < -0.39 is 0 Å². The number of hydrogen-bond donors (Lipinski definition) is 0. The first-order valence-corrected chi connectivity index (χ1v) is 12.1. The molecular weight excluding hydrogens is 310 g/mol. The van der Waals surface area contributed by atoms with Crippen molar-refractivity contribution >= 4 is 11.8 Å². The molecule has 1 aliphatic heterocycles. The van der Waals surface area contributed by atoms with Gasteiger partial charge in [-0.2, -0.15) is 11.8 Å². The summed E-state index contributed by atoms with van der Waals surface area (Å²) < 4.78 is 0. The Morgan fingerprint density at radius 3 is 1.38 bits per heavy atom. The van der Waals surface area contributed by atoms with E-state index in [4.69, 9.17) is 0 Å². The van der Waals surface area contributed by atoms with E-state index in [0.29, 0.717) is 0 Å². The van der Waals surface area contributed by atoms with E-state index in [1.807, 2.05) is 0 Å². The molecule has 0 spiro atoms. The van der Waals surface area contributed by atoms with E-state index in [0.717, 1.165) is 22.6 Å². The molecule has 4 atom stereocenters. The monoisotopic (exact) mass is 351 g/mol. The van der Waals surface area contributed by atoms with Crippen molar-refractivity contribution in [2.24, 2.45) is 0 Å². The standard InChI is InChI=1S/C22H41NS/c1-23-19-13-9-5-2-3-7-11-15-21(17-19)24-22-16-12-8-4-6-10-14-20(23)18-22/h19-22H,2-18H2,1H3. The van der Waals surface area contributed by atoms with E-state index in [-0.39, 0.29) is 0 Å². The summed E-state index contributed by atoms with van der Waals surface area (Å²) in [6, 6.07) is 1.74. The lowest BCUT2D eigenvalue weighted by Gasteiger charge is -2.42. The van der Waals surface area contributed by atoms with Gasteiger partial charge in [-0.15, -0.1) is 0 Å². The second-order valence-electron chi connectivity index (χ2n) is 8.87. The molecule has 140 valence electrons. The minimum absolute atomic E-state index is 0.870. The summed E-state index contributed by atoms with van der Waals surface area (Å²) in [5, 5.41) is 1.90. The van der Waals surface area contributed by atoms with Crippen molar-refractivity contribution in [2.75, 3.05) is 7.05 Å². The average Bonchev–Trinajstić information content (AvgIpc) is 2.64. The van der Waals surface area contributed by atoms with E-state index in [1.165, 1.54) is 109 Å². The van der Waals surface area contributed by atoms with Gasteiger partial charge >= 0.3 is 0 Å². The molecule has 24 heavy (non-hydrogen) atoms. The normalized spacial score (nSPS) is 38.4. The molecule has 0 radical (unpaired) electrons. The Balaban J connectivity index is 1.72. The zero-order chi connectivity index (χ0) is 16.6. The minimum Gasteiger partial charge on any atom is -0.300 e. The molecule has 0 amide bonds. The molecule has 1 nitrogen and oxygen atoms in total. The van der Waals surface area contributed by atoms with Crippen molar-refractivity contribution in [3.8, 4) is 0 Å². The van der Waals surface area contributed by atoms with Crippen LogP contribution >= 0.6 is 11.8 Å². The van der Waals surface area contributed by atoms with Gasteiger partial charge in [0.2, 0.25) is 0 Å². The number of hydrogen-bond acceptors (Lipinski definition) is 2. The Morgan fingerprint density at radius 1 is 0.542 bits per heavy atom. The molecule has 2 heteroatoms. The van der Waals surface area contributed by atoms with Crippen molar-refractivity contribution < 1.29 is 0 Å². The SMILES string of the molecule is CN1C2CCCCCCCCC(C2)SC2CCCCCCCC1C2. The van der Waals surface area contributed by atoms with Crippen LogP contribution in [0, 0.1) is 0 Å². The lowest BCUT2D eigenvalue weighted by molar-refractivity contribution is 0.129. The Kier molecular flexibility index (Phi) is 8.31. The van der Waals surface area contributed by atoms with Crippen LogP contribution in [0.5, 0.6) is 0 Å². The molecule has 3 rings (SSSR count).